The number of sulfonamides is 1. The van der Waals surface area contributed by atoms with Gasteiger partial charge in [-0.3, -0.25) is 13.9 Å². The van der Waals surface area contributed by atoms with Gasteiger partial charge in [-0.25, -0.2) is 8.42 Å². The number of carbonyl (C=O) groups excluding carboxylic acids is 2. The highest BCUT2D eigenvalue weighted by molar-refractivity contribution is 7.92. The van der Waals surface area contributed by atoms with Gasteiger partial charge < -0.3 is 10.2 Å². The van der Waals surface area contributed by atoms with Crippen LogP contribution in [0.15, 0.2) is 78.9 Å². The normalized spacial score (nSPS) is 12.0. The van der Waals surface area contributed by atoms with Gasteiger partial charge in [-0.2, -0.15) is 0 Å². The number of nitrogens with zero attached hydrogens (tertiary/aromatic N) is 2. The highest BCUT2D eigenvalue weighted by Gasteiger charge is 2.33. The van der Waals surface area contributed by atoms with Crippen LogP contribution >= 0.6 is 0 Å². The summed E-state index contributed by atoms with van der Waals surface area (Å²) in [7, 11) is -3.79. The van der Waals surface area contributed by atoms with E-state index in [1.165, 1.54) is 4.90 Å². The Kier molecular flexibility index (Phi) is 10.1. The molecule has 2 amide bonds. The number of rotatable bonds is 12. The summed E-state index contributed by atoms with van der Waals surface area (Å²) in [6.07, 6.45) is 2.15. The van der Waals surface area contributed by atoms with Crippen molar-refractivity contribution in [2.75, 3.05) is 23.7 Å². The Hall–Kier alpha value is -3.65. The van der Waals surface area contributed by atoms with Crippen molar-refractivity contribution in [3.8, 4) is 0 Å². The molecule has 0 spiro atoms. The third-order valence-corrected chi connectivity index (χ3v) is 7.46. The van der Waals surface area contributed by atoms with Crippen molar-refractivity contribution < 1.29 is 18.0 Å². The zero-order chi connectivity index (χ0) is 27.7. The van der Waals surface area contributed by atoms with Crippen LogP contribution < -0.4 is 9.62 Å². The lowest BCUT2D eigenvalue weighted by atomic mass is 10.0. The Labute approximate surface area is 226 Å². The maximum absolute atomic E-state index is 14.0. The molecule has 0 unspecified atom stereocenters. The van der Waals surface area contributed by atoms with Crippen molar-refractivity contribution in [2.24, 2.45) is 0 Å². The minimum absolute atomic E-state index is 0.168. The van der Waals surface area contributed by atoms with E-state index in [1.54, 1.807) is 6.07 Å². The molecule has 202 valence electrons. The van der Waals surface area contributed by atoms with Crippen molar-refractivity contribution in [1.82, 2.24) is 10.2 Å². The van der Waals surface area contributed by atoms with Crippen LogP contribution in [0.25, 0.3) is 0 Å². The predicted octanol–water partition coefficient (Wildman–Crippen LogP) is 4.24. The second kappa shape index (κ2) is 13.2. The maximum atomic E-state index is 14.0. The van der Waals surface area contributed by atoms with Crippen molar-refractivity contribution in [1.29, 1.82) is 0 Å². The molecule has 0 saturated heterocycles. The van der Waals surface area contributed by atoms with Gasteiger partial charge in [0.15, 0.2) is 0 Å². The van der Waals surface area contributed by atoms with Crippen LogP contribution in [0.4, 0.5) is 5.69 Å². The van der Waals surface area contributed by atoms with Gasteiger partial charge in [0.1, 0.15) is 12.6 Å². The quantitative estimate of drug-likeness (QED) is 0.376. The molecule has 0 fully saturated rings. The summed E-state index contributed by atoms with van der Waals surface area (Å²) in [6, 6.07) is 23.6. The minimum Gasteiger partial charge on any atom is -0.354 e. The Morgan fingerprint density at radius 3 is 2.08 bits per heavy atom. The first-order valence-electron chi connectivity index (χ1n) is 12.8. The van der Waals surface area contributed by atoms with E-state index in [0.29, 0.717) is 18.7 Å². The van der Waals surface area contributed by atoms with E-state index < -0.39 is 28.5 Å². The fourth-order valence-electron chi connectivity index (χ4n) is 4.28. The molecule has 8 heteroatoms. The van der Waals surface area contributed by atoms with Crippen molar-refractivity contribution in [2.45, 2.75) is 46.2 Å². The average Bonchev–Trinajstić information content (AvgIpc) is 2.89. The Morgan fingerprint density at radius 2 is 1.50 bits per heavy atom. The summed E-state index contributed by atoms with van der Waals surface area (Å²) in [5, 5.41) is 2.94. The van der Waals surface area contributed by atoms with Gasteiger partial charge in [0.05, 0.1) is 11.9 Å². The van der Waals surface area contributed by atoms with Crippen LogP contribution in [0.5, 0.6) is 0 Å². The Bertz CT molecular complexity index is 1330. The van der Waals surface area contributed by atoms with Crippen LogP contribution in [0.2, 0.25) is 0 Å². The SMILES string of the molecule is CCCNC(=O)[C@@H](Cc1ccccc1)N(Cc1ccccc1)C(=O)CN(c1cc(C)ccc1C)S(C)(=O)=O. The van der Waals surface area contributed by atoms with Crippen LogP contribution in [-0.2, 0) is 32.6 Å². The molecule has 0 heterocycles. The molecular formula is C30H37N3O4S. The van der Waals surface area contributed by atoms with E-state index in [2.05, 4.69) is 5.32 Å². The lowest BCUT2D eigenvalue weighted by Gasteiger charge is -2.34. The van der Waals surface area contributed by atoms with Crippen molar-refractivity contribution >= 4 is 27.5 Å². The van der Waals surface area contributed by atoms with E-state index in [1.807, 2.05) is 93.6 Å². The zero-order valence-electron chi connectivity index (χ0n) is 22.6. The van der Waals surface area contributed by atoms with Crippen LogP contribution in [0.3, 0.4) is 0 Å². The highest BCUT2D eigenvalue weighted by atomic mass is 32.2. The first-order chi connectivity index (χ1) is 18.1. The van der Waals surface area contributed by atoms with Gasteiger partial charge in [-0.1, -0.05) is 79.7 Å². The lowest BCUT2D eigenvalue weighted by molar-refractivity contribution is -0.140. The molecule has 38 heavy (non-hydrogen) atoms. The van der Waals surface area contributed by atoms with Gasteiger partial charge in [-0.05, 0) is 48.6 Å². The third kappa shape index (κ3) is 7.92. The largest absolute Gasteiger partial charge is 0.354 e. The number of nitrogens with one attached hydrogen (secondary N) is 1. The number of hydrogen-bond donors (Lipinski definition) is 1. The summed E-state index contributed by atoms with van der Waals surface area (Å²) >= 11 is 0. The lowest BCUT2D eigenvalue weighted by Crippen LogP contribution is -2.53. The molecule has 0 aliphatic heterocycles. The molecule has 3 rings (SSSR count). The Balaban J connectivity index is 2.04. The second-order valence-electron chi connectivity index (χ2n) is 9.56. The molecule has 0 aliphatic rings. The van der Waals surface area contributed by atoms with Gasteiger partial charge in [-0.15, -0.1) is 0 Å². The van der Waals surface area contributed by atoms with Gasteiger partial charge in [0.2, 0.25) is 21.8 Å². The second-order valence-corrected chi connectivity index (χ2v) is 11.5. The monoisotopic (exact) mass is 535 g/mol. The van der Waals surface area contributed by atoms with Crippen molar-refractivity contribution in [3.05, 3.63) is 101 Å². The van der Waals surface area contributed by atoms with E-state index in [0.717, 1.165) is 39.2 Å². The van der Waals surface area contributed by atoms with E-state index in [4.69, 9.17) is 0 Å². The number of carbonyl (C=O) groups is 2. The molecule has 1 N–H and O–H groups in total. The standard InChI is InChI=1S/C30H37N3O4S/c1-5-18-31-30(35)28(20-25-12-8-6-9-13-25)32(21-26-14-10-7-11-15-26)29(34)22-33(38(4,36)37)27-19-23(2)16-17-24(27)3/h6-17,19,28H,5,18,20-22H2,1-4H3,(H,31,35)/t28-/m1/s1. The molecule has 0 aliphatic carbocycles. The van der Waals surface area contributed by atoms with E-state index >= 15 is 0 Å². The molecule has 7 nitrogen and oxygen atoms in total. The fourth-order valence-corrected chi connectivity index (χ4v) is 5.18. The van der Waals surface area contributed by atoms with Crippen molar-refractivity contribution in [3.63, 3.8) is 0 Å². The fraction of sp³-hybridized carbons (Fsp3) is 0.333. The first kappa shape index (κ1) is 28.9. The first-order valence-corrected chi connectivity index (χ1v) is 14.6. The van der Waals surface area contributed by atoms with Crippen LogP contribution in [-0.4, -0.2) is 50.5 Å². The van der Waals surface area contributed by atoms with Crippen LogP contribution in [0, 0.1) is 13.8 Å². The number of amides is 2. The molecule has 0 bridgehead atoms. The topological polar surface area (TPSA) is 86.8 Å². The molecule has 3 aromatic rings. The van der Waals surface area contributed by atoms with Gasteiger partial charge >= 0.3 is 0 Å². The summed E-state index contributed by atoms with van der Waals surface area (Å²) in [5.74, 6) is -0.717. The van der Waals surface area contributed by atoms with Crippen LogP contribution in [0.1, 0.15) is 35.6 Å². The van der Waals surface area contributed by atoms with Gasteiger partial charge in [0.25, 0.3) is 0 Å². The van der Waals surface area contributed by atoms with E-state index in [9.17, 15) is 18.0 Å². The zero-order valence-corrected chi connectivity index (χ0v) is 23.4. The highest BCUT2D eigenvalue weighted by Crippen LogP contribution is 2.25. The number of aryl methyl sites for hydroxylation is 2. The number of benzene rings is 3. The number of anilines is 1. The predicted molar refractivity (Wildman–Crippen MR) is 152 cm³/mol. The van der Waals surface area contributed by atoms with E-state index in [-0.39, 0.29) is 12.5 Å². The Morgan fingerprint density at radius 1 is 0.895 bits per heavy atom. The average molecular weight is 536 g/mol. The maximum Gasteiger partial charge on any atom is 0.244 e. The summed E-state index contributed by atoms with van der Waals surface area (Å²) in [4.78, 5) is 29.0. The number of hydrogen-bond acceptors (Lipinski definition) is 4. The smallest absolute Gasteiger partial charge is 0.244 e. The molecule has 0 aromatic heterocycles. The molecule has 3 aromatic carbocycles. The molecule has 0 saturated carbocycles. The molecule has 1 atom stereocenters. The third-order valence-electron chi connectivity index (χ3n) is 6.33. The summed E-state index contributed by atoms with van der Waals surface area (Å²) < 4.78 is 27.0. The summed E-state index contributed by atoms with van der Waals surface area (Å²) in [5.41, 5.74) is 3.83. The molecule has 0 radical (unpaired) electrons. The summed E-state index contributed by atoms with van der Waals surface area (Å²) in [6.45, 7) is 5.89. The van der Waals surface area contributed by atoms with Gasteiger partial charge in [0, 0.05) is 19.5 Å². The molecular weight excluding hydrogens is 498 g/mol. The minimum atomic E-state index is -3.79.